The van der Waals surface area contributed by atoms with Crippen molar-refractivity contribution >= 4 is 53.1 Å². The van der Waals surface area contributed by atoms with Crippen LogP contribution in [-0.4, -0.2) is 48.2 Å². The summed E-state index contributed by atoms with van der Waals surface area (Å²) in [7, 11) is 3.70. The van der Waals surface area contributed by atoms with E-state index in [0.717, 1.165) is 18.2 Å². The molecule has 144 valence electrons. The predicted octanol–water partition coefficient (Wildman–Crippen LogP) is 3.74. The summed E-state index contributed by atoms with van der Waals surface area (Å²) in [5, 5.41) is 7.92. The maximum absolute atomic E-state index is 6.10. The smallest absolute Gasteiger partial charge is 0.191 e. The van der Waals surface area contributed by atoms with Crippen LogP contribution in [-0.2, 0) is 13.6 Å². The summed E-state index contributed by atoms with van der Waals surface area (Å²) in [6.07, 6.45) is 2.53. The van der Waals surface area contributed by atoms with Gasteiger partial charge >= 0.3 is 0 Å². The molecule has 0 amide bonds. The molecule has 2 rings (SSSR count). The first-order valence-corrected chi connectivity index (χ1v) is 9.36. The van der Waals surface area contributed by atoms with E-state index in [-0.39, 0.29) is 24.0 Å². The van der Waals surface area contributed by atoms with Gasteiger partial charge in [-0.2, -0.15) is 0 Å². The Kier molecular flexibility index (Phi) is 9.92. The molecule has 0 radical (unpaired) electrons. The van der Waals surface area contributed by atoms with E-state index in [0.29, 0.717) is 28.7 Å². The molecule has 0 saturated carbocycles. The molecule has 1 fully saturated rings. The number of rotatable bonds is 6. The first-order valence-electron chi connectivity index (χ1n) is 8.60. The Labute approximate surface area is 178 Å². The first-order chi connectivity index (χ1) is 11.4. The number of nitrogens with one attached hydrogen (secondary N) is 2. The van der Waals surface area contributed by atoms with Gasteiger partial charge in [0.1, 0.15) is 5.15 Å². The second kappa shape index (κ2) is 10.8. The highest BCUT2D eigenvalue weighted by molar-refractivity contribution is 14.0. The van der Waals surface area contributed by atoms with Crippen molar-refractivity contribution in [1.29, 1.82) is 0 Å². The van der Waals surface area contributed by atoms with Crippen LogP contribution in [0.2, 0.25) is 10.2 Å². The minimum Gasteiger partial charge on any atom is -0.355 e. The third-order valence-electron chi connectivity index (χ3n) is 4.48. The monoisotopic (exact) mass is 501 g/mol. The average Bonchev–Trinajstić information content (AvgIpc) is 3.07. The molecular formula is C17H30Cl2IN5. The van der Waals surface area contributed by atoms with Crippen LogP contribution in [0.15, 0.2) is 11.1 Å². The van der Waals surface area contributed by atoms with Crippen LogP contribution < -0.4 is 10.6 Å². The van der Waals surface area contributed by atoms with Crippen molar-refractivity contribution in [2.75, 3.05) is 26.7 Å². The van der Waals surface area contributed by atoms with Crippen molar-refractivity contribution in [1.82, 2.24) is 20.1 Å². The number of nitrogens with zero attached hydrogens (tertiary/aromatic N) is 3. The van der Waals surface area contributed by atoms with E-state index in [4.69, 9.17) is 23.2 Å². The SMILES string of the molecule is CN=C(NCc1cc(Cl)c(Cl)n1C)NC[C@H]1CCCN1CC(C)C.I. The van der Waals surface area contributed by atoms with Crippen LogP contribution >= 0.6 is 47.2 Å². The number of halogens is 3. The van der Waals surface area contributed by atoms with Gasteiger partial charge in [0.15, 0.2) is 5.96 Å². The number of aromatic nitrogens is 1. The van der Waals surface area contributed by atoms with E-state index in [9.17, 15) is 0 Å². The summed E-state index contributed by atoms with van der Waals surface area (Å²) in [5.74, 6) is 1.51. The number of guanidine groups is 1. The molecule has 0 unspecified atom stereocenters. The lowest BCUT2D eigenvalue weighted by Crippen LogP contribution is -2.45. The number of aliphatic imine (C=N–C) groups is 1. The second-order valence-electron chi connectivity index (χ2n) is 6.82. The summed E-state index contributed by atoms with van der Waals surface area (Å²) in [6.45, 7) is 8.47. The van der Waals surface area contributed by atoms with Crippen molar-refractivity contribution in [3.8, 4) is 0 Å². The summed E-state index contributed by atoms with van der Waals surface area (Å²) in [5.41, 5.74) is 1.02. The zero-order chi connectivity index (χ0) is 17.7. The van der Waals surface area contributed by atoms with Crippen molar-refractivity contribution < 1.29 is 0 Å². The fourth-order valence-corrected chi connectivity index (χ4v) is 3.62. The lowest BCUT2D eigenvalue weighted by Gasteiger charge is -2.27. The molecule has 0 aliphatic carbocycles. The highest BCUT2D eigenvalue weighted by atomic mass is 127. The van der Waals surface area contributed by atoms with Gasteiger partial charge in [0.25, 0.3) is 0 Å². The predicted molar refractivity (Wildman–Crippen MR) is 118 cm³/mol. The van der Waals surface area contributed by atoms with Crippen LogP contribution in [0, 0.1) is 5.92 Å². The van der Waals surface area contributed by atoms with Gasteiger partial charge in [0.05, 0.1) is 11.6 Å². The number of hydrogen-bond donors (Lipinski definition) is 2. The topological polar surface area (TPSA) is 44.6 Å². The normalized spacial score (nSPS) is 18.5. The Morgan fingerprint density at radius 2 is 2.08 bits per heavy atom. The lowest BCUT2D eigenvalue weighted by molar-refractivity contribution is 0.226. The minimum atomic E-state index is 0. The molecule has 0 aromatic carbocycles. The molecular weight excluding hydrogens is 472 g/mol. The highest BCUT2D eigenvalue weighted by Gasteiger charge is 2.24. The molecule has 0 spiro atoms. The van der Waals surface area contributed by atoms with E-state index in [2.05, 4.69) is 34.4 Å². The molecule has 1 aromatic heterocycles. The van der Waals surface area contributed by atoms with E-state index >= 15 is 0 Å². The molecule has 2 N–H and O–H groups in total. The van der Waals surface area contributed by atoms with E-state index in [1.165, 1.54) is 25.9 Å². The van der Waals surface area contributed by atoms with E-state index < -0.39 is 0 Å². The van der Waals surface area contributed by atoms with Gasteiger partial charge in [-0.05, 0) is 31.4 Å². The Hall–Kier alpha value is -0.180. The van der Waals surface area contributed by atoms with Crippen molar-refractivity contribution in [3.05, 3.63) is 21.9 Å². The standard InChI is InChI=1S/C17H29Cl2N5.HI/c1-12(2)11-24-7-5-6-13(24)9-21-17(20-3)22-10-14-8-15(18)16(19)23(14)4;/h8,12-13H,5-7,9-11H2,1-4H3,(H2,20,21,22);1H/t13-;/m1./s1. The van der Waals surface area contributed by atoms with Gasteiger partial charge < -0.3 is 15.2 Å². The fraction of sp³-hybridized carbons (Fsp3) is 0.706. The number of likely N-dealkylation sites (tertiary alicyclic amines) is 1. The third kappa shape index (κ3) is 6.48. The van der Waals surface area contributed by atoms with Gasteiger partial charge in [0, 0.05) is 38.9 Å². The minimum absolute atomic E-state index is 0. The molecule has 5 nitrogen and oxygen atoms in total. The molecule has 1 aliphatic rings. The Morgan fingerprint density at radius 3 is 2.64 bits per heavy atom. The van der Waals surface area contributed by atoms with Gasteiger partial charge in [-0.3, -0.25) is 9.89 Å². The second-order valence-corrected chi connectivity index (χ2v) is 7.59. The molecule has 0 bridgehead atoms. The van der Waals surface area contributed by atoms with E-state index in [1.807, 2.05) is 17.7 Å². The van der Waals surface area contributed by atoms with Crippen LogP contribution in [0.25, 0.3) is 0 Å². The molecule has 1 aliphatic heterocycles. The van der Waals surface area contributed by atoms with E-state index in [1.54, 1.807) is 7.05 Å². The van der Waals surface area contributed by atoms with Gasteiger partial charge in [-0.15, -0.1) is 24.0 Å². The quantitative estimate of drug-likeness (QED) is 0.354. The third-order valence-corrected chi connectivity index (χ3v) is 5.32. The van der Waals surface area contributed by atoms with Crippen LogP contribution in [0.5, 0.6) is 0 Å². The Bertz CT molecular complexity index is 574. The van der Waals surface area contributed by atoms with Gasteiger partial charge in [-0.1, -0.05) is 37.0 Å². The summed E-state index contributed by atoms with van der Waals surface area (Å²) >= 11 is 12.2. The number of hydrogen-bond acceptors (Lipinski definition) is 2. The maximum Gasteiger partial charge on any atom is 0.191 e. The summed E-state index contributed by atoms with van der Waals surface area (Å²) in [6, 6.07) is 2.47. The van der Waals surface area contributed by atoms with Crippen LogP contribution in [0.1, 0.15) is 32.4 Å². The van der Waals surface area contributed by atoms with Crippen molar-refractivity contribution in [2.45, 2.75) is 39.3 Å². The van der Waals surface area contributed by atoms with Gasteiger partial charge in [0.2, 0.25) is 0 Å². The maximum atomic E-state index is 6.10. The van der Waals surface area contributed by atoms with Crippen LogP contribution in [0.4, 0.5) is 0 Å². The van der Waals surface area contributed by atoms with Crippen molar-refractivity contribution in [2.24, 2.45) is 18.0 Å². The molecule has 25 heavy (non-hydrogen) atoms. The highest BCUT2D eigenvalue weighted by Crippen LogP contribution is 2.24. The summed E-state index contributed by atoms with van der Waals surface area (Å²) in [4.78, 5) is 6.89. The fourth-order valence-electron chi connectivity index (χ4n) is 3.20. The molecule has 8 heteroatoms. The molecule has 2 heterocycles. The van der Waals surface area contributed by atoms with Crippen LogP contribution in [0.3, 0.4) is 0 Å². The first kappa shape index (κ1) is 22.9. The van der Waals surface area contributed by atoms with Crippen molar-refractivity contribution in [3.63, 3.8) is 0 Å². The molecule has 1 atom stereocenters. The lowest BCUT2D eigenvalue weighted by atomic mass is 10.1. The summed E-state index contributed by atoms with van der Waals surface area (Å²) < 4.78 is 1.88. The van der Waals surface area contributed by atoms with Gasteiger partial charge in [-0.25, -0.2) is 0 Å². The zero-order valence-electron chi connectivity index (χ0n) is 15.5. The molecule has 1 saturated heterocycles. The zero-order valence-corrected chi connectivity index (χ0v) is 19.3. The Morgan fingerprint density at radius 1 is 1.36 bits per heavy atom. The largest absolute Gasteiger partial charge is 0.355 e. The average molecular weight is 502 g/mol. The Balaban J connectivity index is 0.00000312. The molecule has 1 aromatic rings.